The Hall–Kier alpha value is -2.88. The molecule has 2 atom stereocenters. The number of nitrogens with two attached hydrogens (primary N) is 1. The van der Waals surface area contributed by atoms with Crippen LogP contribution in [0.3, 0.4) is 0 Å². The molecular formula is C21H26F3N3O4. The minimum Gasteiger partial charge on any atom is -0.478 e. The number of carbonyl (C=O) groups excluding carboxylic acids is 1. The summed E-state index contributed by atoms with van der Waals surface area (Å²) in [5.41, 5.74) is 7.05. The average Bonchev–Trinajstić information content (AvgIpc) is 2.65. The highest BCUT2D eigenvalue weighted by atomic mass is 19.4. The Balaban J connectivity index is 2.06. The summed E-state index contributed by atoms with van der Waals surface area (Å²) in [7, 11) is 0. The summed E-state index contributed by atoms with van der Waals surface area (Å²) in [6, 6.07) is 2.33. The second-order valence-corrected chi connectivity index (χ2v) is 7.44. The number of carboxylic acids is 1. The van der Waals surface area contributed by atoms with E-state index in [0.717, 1.165) is 0 Å². The average molecular weight is 441 g/mol. The van der Waals surface area contributed by atoms with E-state index in [2.05, 4.69) is 10.3 Å². The fourth-order valence-corrected chi connectivity index (χ4v) is 3.58. The maximum absolute atomic E-state index is 12.8. The largest absolute Gasteiger partial charge is 0.478 e. The summed E-state index contributed by atoms with van der Waals surface area (Å²) in [5.74, 6) is -2.72. The van der Waals surface area contributed by atoms with Gasteiger partial charge >= 0.3 is 18.1 Å². The van der Waals surface area contributed by atoms with Gasteiger partial charge in [0.25, 0.3) is 0 Å². The number of rotatable bonds is 9. The molecule has 1 aromatic rings. The highest BCUT2D eigenvalue weighted by Crippen LogP contribution is 2.38. The molecule has 0 saturated heterocycles. The van der Waals surface area contributed by atoms with E-state index >= 15 is 0 Å². The third-order valence-electron chi connectivity index (χ3n) is 4.92. The molecule has 2 rings (SSSR count). The zero-order valence-corrected chi connectivity index (χ0v) is 17.3. The Morgan fingerprint density at radius 3 is 2.52 bits per heavy atom. The van der Waals surface area contributed by atoms with Gasteiger partial charge in [0.05, 0.1) is 30.1 Å². The van der Waals surface area contributed by atoms with Gasteiger partial charge in [-0.25, -0.2) is 9.59 Å². The van der Waals surface area contributed by atoms with Crippen LogP contribution >= 0.6 is 0 Å². The first-order valence-corrected chi connectivity index (χ1v) is 9.82. The number of hydrogen-bond acceptors (Lipinski definition) is 6. The van der Waals surface area contributed by atoms with Crippen LogP contribution in [0.2, 0.25) is 0 Å². The molecule has 4 N–H and O–H groups in total. The summed E-state index contributed by atoms with van der Waals surface area (Å²) in [5, 5.41) is 12.6. The van der Waals surface area contributed by atoms with Gasteiger partial charge in [0, 0.05) is 29.8 Å². The zero-order valence-electron chi connectivity index (χ0n) is 17.3. The van der Waals surface area contributed by atoms with Gasteiger partial charge < -0.3 is 20.9 Å². The lowest BCUT2D eigenvalue weighted by atomic mass is 9.81. The fourth-order valence-electron chi connectivity index (χ4n) is 3.58. The SMILES string of the molecule is CC1=C(C(=O)O)C(c2cccnc2)C(C(=O)OCCCCC(N)CC(F)(F)F)=C(C)N1. The lowest BCUT2D eigenvalue weighted by Gasteiger charge is -2.29. The summed E-state index contributed by atoms with van der Waals surface area (Å²) in [6.07, 6.45) is -1.46. The third-order valence-corrected chi connectivity index (χ3v) is 4.92. The van der Waals surface area contributed by atoms with Crippen LogP contribution in [0.5, 0.6) is 0 Å². The van der Waals surface area contributed by atoms with Gasteiger partial charge in [-0.05, 0) is 44.7 Å². The number of pyridine rings is 1. The van der Waals surface area contributed by atoms with Crippen LogP contribution in [-0.4, -0.2) is 40.9 Å². The number of allylic oxidation sites excluding steroid dienone is 2. The highest BCUT2D eigenvalue weighted by molar-refractivity contribution is 5.99. The maximum Gasteiger partial charge on any atom is 0.390 e. The number of alkyl halides is 3. The first kappa shape index (κ1) is 24.4. The topological polar surface area (TPSA) is 115 Å². The Morgan fingerprint density at radius 2 is 1.94 bits per heavy atom. The summed E-state index contributed by atoms with van der Waals surface area (Å²) in [6.45, 7) is 3.25. The van der Waals surface area contributed by atoms with Crippen LogP contribution < -0.4 is 11.1 Å². The molecule has 0 fully saturated rings. The minimum absolute atomic E-state index is 0.0147. The van der Waals surface area contributed by atoms with Crippen molar-refractivity contribution in [2.75, 3.05) is 6.61 Å². The van der Waals surface area contributed by atoms with Crippen LogP contribution in [0.1, 0.15) is 51.0 Å². The third kappa shape index (κ3) is 6.81. The van der Waals surface area contributed by atoms with Crippen molar-refractivity contribution in [3.05, 3.63) is 52.6 Å². The second kappa shape index (κ2) is 10.4. The van der Waals surface area contributed by atoms with E-state index in [9.17, 15) is 27.9 Å². The minimum atomic E-state index is -4.31. The van der Waals surface area contributed by atoms with E-state index in [4.69, 9.17) is 10.5 Å². The van der Waals surface area contributed by atoms with E-state index in [1.165, 1.54) is 6.20 Å². The summed E-state index contributed by atoms with van der Waals surface area (Å²) < 4.78 is 42.3. The first-order chi connectivity index (χ1) is 14.5. The number of aromatic nitrogens is 1. The van der Waals surface area contributed by atoms with Gasteiger partial charge in [-0.2, -0.15) is 13.2 Å². The van der Waals surface area contributed by atoms with Crippen LogP contribution in [0.4, 0.5) is 13.2 Å². The molecule has 0 aromatic carbocycles. The van der Waals surface area contributed by atoms with Crippen molar-refractivity contribution in [1.29, 1.82) is 0 Å². The number of ether oxygens (including phenoxy) is 1. The quantitative estimate of drug-likeness (QED) is 0.397. The number of carboxylic acid groups (broad SMARTS) is 1. The number of aliphatic carboxylic acids is 1. The van der Waals surface area contributed by atoms with Crippen molar-refractivity contribution >= 4 is 11.9 Å². The van der Waals surface area contributed by atoms with Gasteiger partial charge in [0.1, 0.15) is 0 Å². The summed E-state index contributed by atoms with van der Waals surface area (Å²) in [4.78, 5) is 28.7. The Bertz CT molecular complexity index is 866. The molecule has 31 heavy (non-hydrogen) atoms. The molecule has 7 nitrogen and oxygen atoms in total. The van der Waals surface area contributed by atoms with E-state index in [1.807, 2.05) is 0 Å². The predicted molar refractivity (Wildman–Crippen MR) is 107 cm³/mol. The van der Waals surface area contributed by atoms with Crippen LogP contribution in [-0.2, 0) is 14.3 Å². The van der Waals surface area contributed by atoms with Crippen molar-refractivity contribution in [1.82, 2.24) is 10.3 Å². The first-order valence-electron chi connectivity index (χ1n) is 9.82. The van der Waals surface area contributed by atoms with Gasteiger partial charge in [-0.3, -0.25) is 4.98 Å². The molecule has 170 valence electrons. The Kier molecular flexibility index (Phi) is 8.21. The van der Waals surface area contributed by atoms with E-state index < -0.39 is 36.5 Å². The number of hydrogen-bond donors (Lipinski definition) is 3. The highest BCUT2D eigenvalue weighted by Gasteiger charge is 2.37. The molecule has 0 radical (unpaired) electrons. The standard InChI is InChI=1S/C21H26F3N3O4/c1-12-16(19(28)29)18(14-6-5-8-26-11-14)17(13(2)27-12)20(30)31-9-4-3-7-15(25)10-21(22,23)24/h5-6,8,11,15,18,27H,3-4,7,9-10,25H2,1-2H3,(H,28,29). The normalized spacial score (nSPS) is 17.9. The van der Waals surface area contributed by atoms with Crippen molar-refractivity contribution in [3.63, 3.8) is 0 Å². The molecule has 0 amide bonds. The monoisotopic (exact) mass is 441 g/mol. The smallest absolute Gasteiger partial charge is 0.390 e. The lowest BCUT2D eigenvalue weighted by Crippen LogP contribution is -2.32. The van der Waals surface area contributed by atoms with E-state index in [1.54, 1.807) is 32.2 Å². The maximum atomic E-state index is 12.8. The molecular weight excluding hydrogens is 415 g/mol. The number of dihydropyridines is 1. The Morgan fingerprint density at radius 1 is 1.26 bits per heavy atom. The van der Waals surface area contributed by atoms with Crippen molar-refractivity contribution in [3.8, 4) is 0 Å². The second-order valence-electron chi connectivity index (χ2n) is 7.44. The summed E-state index contributed by atoms with van der Waals surface area (Å²) >= 11 is 0. The number of halogens is 3. The zero-order chi connectivity index (χ0) is 23.2. The number of unbranched alkanes of at least 4 members (excludes halogenated alkanes) is 1. The van der Waals surface area contributed by atoms with Gasteiger partial charge in [-0.1, -0.05) is 6.07 Å². The van der Waals surface area contributed by atoms with Crippen LogP contribution in [0.15, 0.2) is 47.1 Å². The fraction of sp³-hybridized carbons (Fsp3) is 0.476. The van der Waals surface area contributed by atoms with E-state index in [0.29, 0.717) is 29.8 Å². The van der Waals surface area contributed by atoms with E-state index in [-0.39, 0.29) is 24.2 Å². The van der Waals surface area contributed by atoms with Crippen molar-refractivity contribution in [2.45, 2.75) is 57.7 Å². The molecule has 1 aliphatic rings. The van der Waals surface area contributed by atoms with Gasteiger partial charge in [0.2, 0.25) is 0 Å². The number of carbonyl (C=O) groups is 2. The predicted octanol–water partition coefficient (Wildman–Crippen LogP) is 3.39. The van der Waals surface area contributed by atoms with Crippen LogP contribution in [0, 0.1) is 0 Å². The molecule has 1 aliphatic heterocycles. The molecule has 0 aliphatic carbocycles. The van der Waals surface area contributed by atoms with Crippen molar-refractivity contribution in [2.24, 2.45) is 5.73 Å². The molecule has 10 heteroatoms. The number of nitrogens with one attached hydrogen (secondary N) is 1. The molecule has 2 unspecified atom stereocenters. The number of nitrogens with zero attached hydrogens (tertiary/aromatic N) is 1. The van der Waals surface area contributed by atoms with Crippen molar-refractivity contribution < 1.29 is 32.6 Å². The van der Waals surface area contributed by atoms with Crippen LogP contribution in [0.25, 0.3) is 0 Å². The Labute approximate surface area is 178 Å². The number of esters is 1. The van der Waals surface area contributed by atoms with Gasteiger partial charge in [-0.15, -0.1) is 0 Å². The molecule has 0 saturated carbocycles. The molecule has 0 bridgehead atoms. The lowest BCUT2D eigenvalue weighted by molar-refractivity contribution is -0.139. The molecule has 0 spiro atoms. The molecule has 1 aromatic heterocycles. The molecule has 2 heterocycles. The van der Waals surface area contributed by atoms with Gasteiger partial charge in [0.15, 0.2) is 0 Å².